The molecule has 0 spiro atoms. The molecule has 0 saturated carbocycles. The number of carbonyl (C=O) groups is 1. The van der Waals surface area contributed by atoms with Crippen LogP contribution in [0, 0.1) is 6.92 Å². The average Bonchev–Trinajstić information content (AvgIpc) is 3.09. The van der Waals surface area contributed by atoms with Gasteiger partial charge in [-0.25, -0.2) is 0 Å². The average molecular weight is 373 g/mol. The second-order valence-corrected chi connectivity index (χ2v) is 6.94. The Morgan fingerprint density at radius 2 is 1.71 bits per heavy atom. The van der Waals surface area contributed by atoms with Gasteiger partial charge < -0.3 is 9.32 Å². The third kappa shape index (κ3) is 3.43. The van der Waals surface area contributed by atoms with Crippen LogP contribution >= 0.6 is 0 Å². The number of rotatable bonds is 4. The maximum Gasteiger partial charge on any atom is 0.294 e. The normalized spacial score (nSPS) is 14.6. The van der Waals surface area contributed by atoms with E-state index < -0.39 is 0 Å². The molecule has 2 aromatic carbocycles. The number of anilines is 2. The van der Waals surface area contributed by atoms with Crippen LogP contribution in [-0.2, 0) is 6.42 Å². The van der Waals surface area contributed by atoms with E-state index in [4.69, 9.17) is 4.42 Å². The van der Waals surface area contributed by atoms with E-state index in [2.05, 4.69) is 10.5 Å². The molecule has 28 heavy (non-hydrogen) atoms. The van der Waals surface area contributed by atoms with Gasteiger partial charge in [-0.2, -0.15) is 5.10 Å². The Balaban J connectivity index is 1.64. The topological polar surface area (TPSA) is 57.8 Å². The first-order chi connectivity index (χ1) is 13.6. The van der Waals surface area contributed by atoms with Crippen LogP contribution in [0.4, 0.5) is 11.4 Å². The van der Waals surface area contributed by atoms with Crippen molar-refractivity contribution in [1.82, 2.24) is 0 Å². The molecule has 142 valence electrons. The number of nitrogens with zero attached hydrogens (tertiary/aromatic N) is 2. The fourth-order valence-electron chi connectivity index (χ4n) is 3.55. The van der Waals surface area contributed by atoms with Crippen molar-refractivity contribution in [3.63, 3.8) is 0 Å². The summed E-state index contributed by atoms with van der Waals surface area (Å²) < 4.78 is 6.02. The number of para-hydroxylation sites is 2. The number of carbonyl (C=O) groups excluding carboxylic acids is 1. The lowest BCUT2D eigenvalue weighted by Crippen LogP contribution is -2.26. The first-order valence-electron chi connectivity index (χ1n) is 9.48. The highest BCUT2D eigenvalue weighted by molar-refractivity contribution is 6.10. The number of aryl methyl sites for hydroxylation is 1. The Kier molecular flexibility index (Phi) is 4.98. The second-order valence-electron chi connectivity index (χ2n) is 6.94. The van der Waals surface area contributed by atoms with E-state index in [1.165, 1.54) is 0 Å². The molecule has 3 aromatic rings. The van der Waals surface area contributed by atoms with E-state index in [9.17, 15) is 4.79 Å². The van der Waals surface area contributed by atoms with Crippen LogP contribution in [0.25, 0.3) is 0 Å². The third-order valence-electron chi connectivity index (χ3n) is 5.06. The van der Waals surface area contributed by atoms with Crippen LogP contribution in [0.5, 0.6) is 0 Å². The Labute approximate surface area is 164 Å². The van der Waals surface area contributed by atoms with Crippen molar-refractivity contribution >= 4 is 23.0 Å². The summed E-state index contributed by atoms with van der Waals surface area (Å²) in [7, 11) is 1.77. The molecule has 1 N–H and O–H groups in total. The zero-order chi connectivity index (χ0) is 19.5. The molecule has 4 rings (SSSR count). The molecule has 1 amide bonds. The molecule has 1 aliphatic carbocycles. The van der Waals surface area contributed by atoms with Gasteiger partial charge in [-0.05, 0) is 44.0 Å². The summed E-state index contributed by atoms with van der Waals surface area (Å²) in [5, 5.41) is 4.61. The number of benzene rings is 2. The number of furan rings is 1. The third-order valence-corrected chi connectivity index (χ3v) is 5.06. The summed E-state index contributed by atoms with van der Waals surface area (Å²) >= 11 is 0. The summed E-state index contributed by atoms with van der Waals surface area (Å²) in [6.45, 7) is 1.94. The lowest BCUT2D eigenvalue weighted by atomic mass is 9.93. The number of hydrogen-bond acceptors (Lipinski definition) is 4. The minimum Gasteiger partial charge on any atom is -0.455 e. The van der Waals surface area contributed by atoms with E-state index in [1.54, 1.807) is 11.9 Å². The molecule has 0 bridgehead atoms. The van der Waals surface area contributed by atoms with Gasteiger partial charge in [0.25, 0.3) is 5.91 Å². The number of fused-ring (bicyclic) bond motifs is 1. The summed E-state index contributed by atoms with van der Waals surface area (Å²) in [4.78, 5) is 14.7. The number of amides is 1. The molecule has 0 fully saturated rings. The Morgan fingerprint density at radius 1 is 1.04 bits per heavy atom. The van der Waals surface area contributed by atoms with Crippen LogP contribution in [0.2, 0.25) is 0 Å². The van der Waals surface area contributed by atoms with Gasteiger partial charge in [0.2, 0.25) is 0 Å². The highest BCUT2D eigenvalue weighted by atomic mass is 16.4. The highest BCUT2D eigenvalue weighted by Gasteiger charge is 2.29. The smallest absolute Gasteiger partial charge is 0.294 e. The molecule has 5 nitrogen and oxygen atoms in total. The summed E-state index contributed by atoms with van der Waals surface area (Å²) in [5.74, 6) is 1.10. The van der Waals surface area contributed by atoms with E-state index in [1.807, 2.05) is 67.6 Å². The summed E-state index contributed by atoms with van der Waals surface area (Å²) in [6, 6.07) is 19.4. The monoisotopic (exact) mass is 373 g/mol. The summed E-state index contributed by atoms with van der Waals surface area (Å²) in [6.07, 6.45) is 2.63. The van der Waals surface area contributed by atoms with Crippen LogP contribution < -0.4 is 10.3 Å². The van der Waals surface area contributed by atoms with Crippen molar-refractivity contribution in [2.75, 3.05) is 17.4 Å². The van der Waals surface area contributed by atoms with Gasteiger partial charge in [-0.15, -0.1) is 0 Å². The van der Waals surface area contributed by atoms with Crippen molar-refractivity contribution in [2.24, 2.45) is 5.10 Å². The van der Waals surface area contributed by atoms with Gasteiger partial charge in [0.1, 0.15) is 5.76 Å². The predicted molar refractivity (Wildman–Crippen MR) is 112 cm³/mol. The first-order valence-corrected chi connectivity index (χ1v) is 9.48. The summed E-state index contributed by atoms with van der Waals surface area (Å²) in [5.41, 5.74) is 7.66. The standard InChI is InChI=1S/C23H23N3O2/c1-16-21-19(25-24-17-10-5-3-6-11-17)14-9-15-20(21)28-22(16)23(27)26(2)18-12-7-4-8-13-18/h3-8,10-13,24H,9,14-15H2,1-2H3/b25-19+. The predicted octanol–water partition coefficient (Wildman–Crippen LogP) is 5.02. The molecule has 0 aliphatic heterocycles. The minimum absolute atomic E-state index is 0.145. The minimum atomic E-state index is -0.145. The molecule has 0 unspecified atom stereocenters. The zero-order valence-electron chi connectivity index (χ0n) is 16.1. The van der Waals surface area contributed by atoms with Crippen molar-refractivity contribution < 1.29 is 9.21 Å². The van der Waals surface area contributed by atoms with Crippen molar-refractivity contribution in [3.8, 4) is 0 Å². The fraction of sp³-hybridized carbons (Fsp3) is 0.217. The zero-order valence-corrected chi connectivity index (χ0v) is 16.1. The maximum atomic E-state index is 13.0. The van der Waals surface area contributed by atoms with Crippen LogP contribution in [0.15, 0.2) is 70.2 Å². The van der Waals surface area contributed by atoms with E-state index in [0.29, 0.717) is 5.76 Å². The molecule has 0 radical (unpaired) electrons. The van der Waals surface area contributed by atoms with Crippen LogP contribution in [-0.4, -0.2) is 18.7 Å². The molecule has 1 aliphatic rings. The SMILES string of the molecule is Cc1c(C(=O)N(C)c2ccccc2)oc2c1/C(=N/Nc1ccccc1)CCC2. The largest absolute Gasteiger partial charge is 0.455 e. The van der Waals surface area contributed by atoms with E-state index in [0.717, 1.165) is 53.2 Å². The van der Waals surface area contributed by atoms with Crippen molar-refractivity contribution in [2.45, 2.75) is 26.2 Å². The molecule has 5 heteroatoms. The first kappa shape index (κ1) is 18.0. The molecule has 0 atom stereocenters. The van der Waals surface area contributed by atoms with Crippen LogP contribution in [0.3, 0.4) is 0 Å². The number of nitrogens with one attached hydrogen (secondary N) is 1. The number of hydrazone groups is 1. The molecular formula is C23H23N3O2. The molecule has 1 aromatic heterocycles. The molecular weight excluding hydrogens is 350 g/mol. The van der Waals surface area contributed by atoms with Gasteiger partial charge in [0, 0.05) is 30.3 Å². The van der Waals surface area contributed by atoms with E-state index >= 15 is 0 Å². The Morgan fingerprint density at radius 3 is 2.43 bits per heavy atom. The van der Waals surface area contributed by atoms with Crippen molar-refractivity contribution in [1.29, 1.82) is 0 Å². The maximum absolute atomic E-state index is 13.0. The van der Waals surface area contributed by atoms with Gasteiger partial charge in [-0.1, -0.05) is 36.4 Å². The lowest BCUT2D eigenvalue weighted by molar-refractivity contribution is 0.0964. The lowest BCUT2D eigenvalue weighted by Gasteiger charge is -2.16. The van der Waals surface area contributed by atoms with E-state index in [-0.39, 0.29) is 5.91 Å². The fourth-order valence-corrected chi connectivity index (χ4v) is 3.55. The molecule has 1 heterocycles. The van der Waals surface area contributed by atoms with Crippen molar-refractivity contribution in [3.05, 3.63) is 83.3 Å². The molecule has 0 saturated heterocycles. The van der Waals surface area contributed by atoms with Gasteiger partial charge in [0.15, 0.2) is 5.76 Å². The quantitative estimate of drug-likeness (QED) is 0.654. The van der Waals surface area contributed by atoms with Gasteiger partial charge in [-0.3, -0.25) is 10.2 Å². The van der Waals surface area contributed by atoms with Gasteiger partial charge >= 0.3 is 0 Å². The number of hydrogen-bond donors (Lipinski definition) is 1. The highest BCUT2D eigenvalue weighted by Crippen LogP contribution is 2.31. The second kappa shape index (κ2) is 7.72. The Hall–Kier alpha value is -3.34. The van der Waals surface area contributed by atoms with Crippen LogP contribution in [0.1, 0.15) is 40.3 Å². The Bertz CT molecular complexity index is 1010. The van der Waals surface area contributed by atoms with Gasteiger partial charge in [0.05, 0.1) is 11.4 Å².